The van der Waals surface area contributed by atoms with Crippen molar-refractivity contribution in [2.45, 2.75) is 38.3 Å². The highest BCUT2D eigenvalue weighted by Gasteiger charge is 2.37. The highest BCUT2D eigenvalue weighted by atomic mass is 16.3. The molecule has 0 amide bonds. The fourth-order valence-electron chi connectivity index (χ4n) is 3.55. The topological polar surface area (TPSA) is 123 Å². The number of fused-ring (bicyclic) bond motifs is 1. The number of nitrogens with two attached hydrogens (primary N) is 2. The first-order valence-electron chi connectivity index (χ1n) is 9.64. The van der Waals surface area contributed by atoms with Gasteiger partial charge in [0.05, 0.1) is 29.1 Å². The van der Waals surface area contributed by atoms with E-state index in [1.807, 2.05) is 43.3 Å². The zero-order valence-corrected chi connectivity index (χ0v) is 16.3. The number of benzene rings is 1. The molecule has 1 saturated carbocycles. The number of anilines is 1. The second-order valence-electron chi connectivity index (χ2n) is 7.39. The van der Waals surface area contributed by atoms with Crippen molar-refractivity contribution >= 4 is 28.6 Å². The smallest absolute Gasteiger partial charge is 0.221 e. The summed E-state index contributed by atoms with van der Waals surface area (Å²) in [5, 5.41) is 11.4. The van der Waals surface area contributed by atoms with Crippen molar-refractivity contribution in [3.05, 3.63) is 65.2 Å². The second-order valence-corrected chi connectivity index (χ2v) is 7.39. The van der Waals surface area contributed by atoms with Crippen LogP contribution in [0.15, 0.2) is 47.6 Å². The minimum Gasteiger partial charge on any atom is -0.404 e. The Bertz CT molecular complexity index is 1120. The Balaban J connectivity index is 1.59. The molecule has 0 radical (unpaired) electrons. The first-order chi connectivity index (χ1) is 14.0. The molecule has 1 fully saturated rings. The molecule has 7 heteroatoms. The average Bonchev–Trinajstić information content (AvgIpc) is 2.70. The Morgan fingerprint density at radius 3 is 2.69 bits per heavy atom. The van der Waals surface area contributed by atoms with Gasteiger partial charge < -0.3 is 16.6 Å². The van der Waals surface area contributed by atoms with E-state index in [-0.39, 0.29) is 5.95 Å². The molecule has 3 aromatic rings. The van der Waals surface area contributed by atoms with Crippen molar-refractivity contribution in [1.29, 1.82) is 0 Å². The molecule has 0 unspecified atom stereocenters. The van der Waals surface area contributed by atoms with Crippen molar-refractivity contribution in [2.24, 2.45) is 10.7 Å². The van der Waals surface area contributed by atoms with Crippen LogP contribution in [-0.2, 0) is 12.1 Å². The number of nitrogens with zero attached hydrogens (tertiary/aromatic N) is 4. The van der Waals surface area contributed by atoms with Gasteiger partial charge >= 0.3 is 0 Å². The van der Waals surface area contributed by atoms with Crippen molar-refractivity contribution in [3.8, 4) is 0 Å². The molecule has 0 aliphatic heterocycles. The van der Waals surface area contributed by atoms with Crippen LogP contribution in [0.1, 0.15) is 41.9 Å². The van der Waals surface area contributed by atoms with E-state index < -0.39 is 5.60 Å². The minimum absolute atomic E-state index is 0.192. The van der Waals surface area contributed by atoms with Crippen LogP contribution in [0, 0.1) is 6.92 Å². The van der Waals surface area contributed by atoms with Crippen LogP contribution in [0.3, 0.4) is 0 Å². The van der Waals surface area contributed by atoms with Crippen molar-refractivity contribution in [2.75, 3.05) is 5.73 Å². The summed E-state index contributed by atoms with van der Waals surface area (Å²) in [5.41, 5.74) is 15.6. The zero-order valence-electron chi connectivity index (χ0n) is 16.3. The predicted octanol–water partition coefficient (Wildman–Crippen LogP) is 2.86. The Kier molecular flexibility index (Phi) is 4.98. The van der Waals surface area contributed by atoms with Gasteiger partial charge in [0.15, 0.2) is 0 Å². The van der Waals surface area contributed by atoms with Gasteiger partial charge in [0.1, 0.15) is 5.60 Å². The fourth-order valence-corrected chi connectivity index (χ4v) is 3.55. The molecule has 1 aliphatic carbocycles. The van der Waals surface area contributed by atoms with Gasteiger partial charge in [-0.05, 0) is 43.9 Å². The van der Waals surface area contributed by atoms with Gasteiger partial charge in [-0.2, -0.15) is 0 Å². The SMILES string of the molecule is Cc1cccc2c(C(C=NCc3cccc(C4(O)CCC4)n3)=CN)nc(N)nc12. The molecule has 148 valence electrons. The van der Waals surface area contributed by atoms with E-state index in [0.29, 0.717) is 17.8 Å². The van der Waals surface area contributed by atoms with E-state index in [2.05, 4.69) is 19.9 Å². The number of aliphatic imine (C=N–C) groups is 1. The molecule has 2 heterocycles. The minimum atomic E-state index is -0.780. The van der Waals surface area contributed by atoms with E-state index >= 15 is 0 Å². The van der Waals surface area contributed by atoms with Crippen LogP contribution in [-0.4, -0.2) is 26.3 Å². The Labute approximate surface area is 169 Å². The van der Waals surface area contributed by atoms with Gasteiger partial charge in [-0.25, -0.2) is 9.97 Å². The normalized spacial score (nSPS) is 16.3. The van der Waals surface area contributed by atoms with Crippen molar-refractivity contribution < 1.29 is 5.11 Å². The molecule has 7 nitrogen and oxygen atoms in total. The number of para-hydroxylation sites is 1. The molecule has 1 aliphatic rings. The number of aliphatic hydroxyl groups is 1. The molecular formula is C22H24N6O. The maximum absolute atomic E-state index is 10.5. The summed E-state index contributed by atoms with van der Waals surface area (Å²) >= 11 is 0. The highest BCUT2D eigenvalue weighted by Crippen LogP contribution is 2.40. The molecule has 0 bridgehead atoms. The highest BCUT2D eigenvalue weighted by molar-refractivity contribution is 6.13. The predicted molar refractivity (Wildman–Crippen MR) is 115 cm³/mol. The number of nitrogen functional groups attached to an aromatic ring is 1. The molecule has 5 N–H and O–H groups in total. The lowest BCUT2D eigenvalue weighted by molar-refractivity contribution is -0.0427. The summed E-state index contributed by atoms with van der Waals surface area (Å²) in [6.45, 7) is 2.35. The van der Waals surface area contributed by atoms with Gasteiger partial charge in [0.25, 0.3) is 0 Å². The van der Waals surface area contributed by atoms with Gasteiger partial charge in [-0.15, -0.1) is 0 Å². The lowest BCUT2D eigenvalue weighted by Gasteiger charge is -2.36. The molecule has 4 rings (SSSR count). The number of rotatable bonds is 5. The van der Waals surface area contributed by atoms with Crippen LogP contribution in [0.2, 0.25) is 0 Å². The van der Waals surface area contributed by atoms with E-state index in [1.54, 1.807) is 6.21 Å². The maximum Gasteiger partial charge on any atom is 0.221 e. The molecule has 0 atom stereocenters. The first-order valence-corrected chi connectivity index (χ1v) is 9.64. The number of aryl methyl sites for hydroxylation is 1. The quantitative estimate of drug-likeness (QED) is 0.578. The number of hydrogen-bond acceptors (Lipinski definition) is 7. The molecular weight excluding hydrogens is 364 g/mol. The van der Waals surface area contributed by atoms with Gasteiger partial charge in [0, 0.05) is 23.4 Å². The molecule has 29 heavy (non-hydrogen) atoms. The van der Waals surface area contributed by atoms with Gasteiger partial charge in [-0.3, -0.25) is 9.98 Å². The summed E-state index contributed by atoms with van der Waals surface area (Å²) in [6, 6.07) is 11.6. The Hall–Kier alpha value is -3.32. The van der Waals surface area contributed by atoms with E-state index in [1.165, 1.54) is 6.20 Å². The molecule has 2 aromatic heterocycles. The third-order valence-electron chi connectivity index (χ3n) is 5.35. The summed E-state index contributed by atoms with van der Waals surface area (Å²) in [4.78, 5) is 17.8. The largest absolute Gasteiger partial charge is 0.404 e. The van der Waals surface area contributed by atoms with Gasteiger partial charge in [-0.1, -0.05) is 24.3 Å². The standard InChI is InChI=1S/C22H24N6O/c1-14-5-2-7-17-19(14)27-21(24)28-20(17)15(11-23)12-25-13-16-6-3-8-18(26-16)22(29)9-4-10-22/h2-3,5-8,11-12,29H,4,9-10,13,23H2,1H3,(H2,24,27,28). The number of pyridine rings is 1. The summed E-state index contributed by atoms with van der Waals surface area (Å²) in [6.07, 6.45) is 5.69. The van der Waals surface area contributed by atoms with Crippen LogP contribution in [0.25, 0.3) is 16.5 Å². The number of aromatic nitrogens is 3. The second kappa shape index (κ2) is 7.60. The van der Waals surface area contributed by atoms with Crippen molar-refractivity contribution in [1.82, 2.24) is 15.0 Å². The van der Waals surface area contributed by atoms with E-state index in [9.17, 15) is 5.11 Å². The fraction of sp³-hybridized carbons (Fsp3) is 0.273. The lowest BCUT2D eigenvalue weighted by Crippen LogP contribution is -2.34. The summed E-state index contributed by atoms with van der Waals surface area (Å²) in [5.74, 6) is 0.192. The number of hydrogen-bond donors (Lipinski definition) is 3. The number of allylic oxidation sites excluding steroid dienone is 1. The van der Waals surface area contributed by atoms with Gasteiger partial charge in [0.2, 0.25) is 5.95 Å². The van der Waals surface area contributed by atoms with Crippen LogP contribution in [0.5, 0.6) is 0 Å². The Morgan fingerprint density at radius 2 is 1.97 bits per heavy atom. The molecule has 1 aromatic carbocycles. The summed E-state index contributed by atoms with van der Waals surface area (Å²) in [7, 11) is 0. The van der Waals surface area contributed by atoms with Crippen molar-refractivity contribution in [3.63, 3.8) is 0 Å². The van der Waals surface area contributed by atoms with Crippen LogP contribution in [0.4, 0.5) is 5.95 Å². The van der Waals surface area contributed by atoms with E-state index in [4.69, 9.17) is 11.5 Å². The van der Waals surface area contributed by atoms with E-state index in [0.717, 1.165) is 47.1 Å². The maximum atomic E-state index is 10.5. The van der Waals surface area contributed by atoms with Crippen LogP contribution >= 0.6 is 0 Å². The average molecular weight is 388 g/mol. The Morgan fingerprint density at radius 1 is 1.17 bits per heavy atom. The zero-order chi connectivity index (χ0) is 20.4. The monoisotopic (exact) mass is 388 g/mol. The molecule has 0 saturated heterocycles. The summed E-state index contributed by atoms with van der Waals surface area (Å²) < 4.78 is 0. The first kappa shape index (κ1) is 19.0. The third-order valence-corrected chi connectivity index (χ3v) is 5.35. The van der Waals surface area contributed by atoms with Crippen LogP contribution < -0.4 is 11.5 Å². The third kappa shape index (κ3) is 3.69. The molecule has 0 spiro atoms. The lowest BCUT2D eigenvalue weighted by atomic mass is 9.77.